The molecule has 1 saturated heterocycles. The Labute approximate surface area is 240 Å². The van der Waals surface area contributed by atoms with Gasteiger partial charge in [0, 0.05) is 6.54 Å². The van der Waals surface area contributed by atoms with E-state index in [2.05, 4.69) is 36.6 Å². The number of benzene rings is 1. The first-order valence-corrected chi connectivity index (χ1v) is 14.8. The van der Waals surface area contributed by atoms with Crippen molar-refractivity contribution in [2.24, 2.45) is 17.8 Å². The van der Waals surface area contributed by atoms with E-state index in [9.17, 15) is 19.2 Å². The first-order chi connectivity index (χ1) is 19.9. The van der Waals surface area contributed by atoms with Crippen LogP contribution in [0.2, 0.25) is 0 Å². The van der Waals surface area contributed by atoms with Gasteiger partial charge in [-0.25, -0.2) is 0 Å². The summed E-state index contributed by atoms with van der Waals surface area (Å²) in [5.74, 6) is -0.286. The molecule has 2 aliphatic rings. The Morgan fingerprint density at radius 1 is 1.05 bits per heavy atom. The van der Waals surface area contributed by atoms with Gasteiger partial charge in [-0.05, 0) is 29.7 Å². The van der Waals surface area contributed by atoms with Crippen molar-refractivity contribution in [2.75, 3.05) is 13.1 Å². The molecule has 12 heteroatoms. The maximum absolute atomic E-state index is 13.5. The summed E-state index contributed by atoms with van der Waals surface area (Å²) in [6.45, 7) is 4.20. The fraction of sp³-hybridized carbons (Fsp3) is 0.621. The number of nitrogens with one attached hydrogen (secondary N) is 4. The Kier molecular flexibility index (Phi) is 10.8. The van der Waals surface area contributed by atoms with Gasteiger partial charge >= 0.3 is 0 Å². The minimum Gasteiger partial charge on any atom is -0.347 e. The van der Waals surface area contributed by atoms with E-state index in [-0.39, 0.29) is 49.1 Å². The molecule has 2 heterocycles. The van der Waals surface area contributed by atoms with Gasteiger partial charge in [-0.2, -0.15) is 5.21 Å². The highest BCUT2D eigenvalue weighted by molar-refractivity contribution is 5.93. The molecule has 0 bridgehead atoms. The zero-order chi connectivity index (χ0) is 29.2. The van der Waals surface area contributed by atoms with Crippen LogP contribution in [0.3, 0.4) is 0 Å². The van der Waals surface area contributed by atoms with Crippen molar-refractivity contribution in [3.8, 4) is 0 Å². The molecule has 2 aromatic rings. The number of hydrogen-bond donors (Lipinski definition) is 4. The molecule has 2 fully saturated rings. The number of carbonyl (C=O) groups excluding carboxylic acids is 4. The van der Waals surface area contributed by atoms with E-state index in [4.69, 9.17) is 0 Å². The summed E-state index contributed by atoms with van der Waals surface area (Å²) in [4.78, 5) is 54.2. The summed E-state index contributed by atoms with van der Waals surface area (Å²) in [6, 6.07) is 7.94. The molecule has 222 valence electrons. The summed E-state index contributed by atoms with van der Waals surface area (Å²) in [6.07, 6.45) is 7.23. The number of aromatic nitrogens is 4. The van der Waals surface area contributed by atoms with Crippen LogP contribution in [0, 0.1) is 17.8 Å². The van der Waals surface area contributed by atoms with Gasteiger partial charge in [-0.3, -0.25) is 19.2 Å². The van der Waals surface area contributed by atoms with Gasteiger partial charge in [0.15, 0.2) is 5.82 Å². The normalized spacial score (nSPS) is 20.7. The lowest BCUT2D eigenvalue weighted by molar-refractivity contribution is -0.139. The largest absolute Gasteiger partial charge is 0.347 e. The van der Waals surface area contributed by atoms with Crippen molar-refractivity contribution in [1.29, 1.82) is 0 Å². The SMILES string of the molecule is CC[C@H](C)[C@H](NC(=O)Cc1ccccc1)C(=O)NCC(=O)N1C[C@H](C2CCCCC2)CC1C(=O)NCc1nn[nH]n1. The maximum Gasteiger partial charge on any atom is 0.243 e. The highest BCUT2D eigenvalue weighted by Crippen LogP contribution is 2.37. The van der Waals surface area contributed by atoms with Crippen LogP contribution in [-0.2, 0) is 32.1 Å². The predicted molar refractivity (Wildman–Crippen MR) is 151 cm³/mol. The molecule has 4 N–H and O–H groups in total. The van der Waals surface area contributed by atoms with E-state index in [0.717, 1.165) is 18.4 Å². The second kappa shape index (κ2) is 14.7. The molecule has 12 nitrogen and oxygen atoms in total. The Balaban J connectivity index is 1.37. The van der Waals surface area contributed by atoms with Crippen LogP contribution in [0.4, 0.5) is 0 Å². The lowest BCUT2D eigenvalue weighted by Crippen LogP contribution is -2.53. The number of aromatic amines is 1. The van der Waals surface area contributed by atoms with Crippen molar-refractivity contribution in [3.05, 3.63) is 41.7 Å². The number of amides is 4. The van der Waals surface area contributed by atoms with Gasteiger partial charge in [0.05, 0.1) is 19.5 Å². The number of likely N-dealkylation sites (tertiary alicyclic amines) is 1. The highest BCUT2D eigenvalue weighted by Gasteiger charge is 2.42. The first kappa shape index (κ1) is 30.1. The maximum atomic E-state index is 13.5. The lowest BCUT2D eigenvalue weighted by Gasteiger charge is -2.28. The quantitative estimate of drug-likeness (QED) is 0.303. The molecule has 4 atom stereocenters. The fourth-order valence-electron chi connectivity index (χ4n) is 5.96. The van der Waals surface area contributed by atoms with Crippen molar-refractivity contribution in [1.82, 2.24) is 41.5 Å². The standard InChI is InChI=1S/C29H42N8O4/c1-3-19(2)27(32-25(38)14-20-10-6-4-7-11-20)29(41)31-17-26(39)37-18-22(21-12-8-5-9-13-21)15-23(37)28(40)30-16-24-33-35-36-34-24/h4,6-7,10-11,19,21-23,27H,3,5,8-9,12-18H2,1-2H3,(H,30,40)(H,31,41)(H,32,38)(H,33,34,35,36)/t19-,22+,23?,27-/m0/s1. The van der Waals surface area contributed by atoms with E-state index in [1.54, 1.807) is 4.90 Å². The molecular formula is C29H42N8O4. The summed E-state index contributed by atoms with van der Waals surface area (Å²) in [7, 11) is 0. The Bertz CT molecular complexity index is 1150. The second-order valence-corrected chi connectivity index (χ2v) is 11.3. The third-order valence-corrected chi connectivity index (χ3v) is 8.52. The van der Waals surface area contributed by atoms with Crippen molar-refractivity contribution in [3.63, 3.8) is 0 Å². The Morgan fingerprint density at radius 2 is 1.80 bits per heavy atom. The van der Waals surface area contributed by atoms with Gasteiger partial charge in [-0.15, -0.1) is 10.2 Å². The summed E-state index contributed by atoms with van der Waals surface area (Å²) >= 11 is 0. The first-order valence-electron chi connectivity index (χ1n) is 14.8. The minimum atomic E-state index is -0.772. The average Bonchev–Trinajstić information content (AvgIpc) is 3.69. The van der Waals surface area contributed by atoms with Crippen LogP contribution in [0.5, 0.6) is 0 Å². The van der Waals surface area contributed by atoms with Gasteiger partial charge in [0.1, 0.15) is 12.1 Å². The van der Waals surface area contributed by atoms with Crippen LogP contribution < -0.4 is 16.0 Å². The minimum absolute atomic E-state index is 0.109. The molecule has 0 spiro atoms. The number of H-pyrrole nitrogens is 1. The van der Waals surface area contributed by atoms with Gasteiger partial charge < -0.3 is 20.9 Å². The van der Waals surface area contributed by atoms with Gasteiger partial charge in [0.25, 0.3) is 0 Å². The molecule has 1 saturated carbocycles. The number of rotatable bonds is 12. The van der Waals surface area contributed by atoms with E-state index in [1.807, 2.05) is 44.2 Å². The molecule has 41 heavy (non-hydrogen) atoms. The molecule has 1 aliphatic carbocycles. The summed E-state index contributed by atoms with van der Waals surface area (Å²) in [5, 5.41) is 22.0. The van der Waals surface area contributed by atoms with Crippen molar-refractivity contribution in [2.45, 2.75) is 83.8 Å². The van der Waals surface area contributed by atoms with E-state index in [1.165, 1.54) is 19.3 Å². The molecule has 4 amide bonds. The van der Waals surface area contributed by atoms with Gasteiger partial charge in [-0.1, -0.05) is 87.9 Å². The average molecular weight is 567 g/mol. The number of tetrazole rings is 1. The third-order valence-electron chi connectivity index (χ3n) is 8.52. The van der Waals surface area contributed by atoms with Crippen LogP contribution >= 0.6 is 0 Å². The molecule has 1 unspecified atom stereocenters. The second-order valence-electron chi connectivity index (χ2n) is 11.3. The Morgan fingerprint density at radius 3 is 2.49 bits per heavy atom. The molecule has 1 aliphatic heterocycles. The monoisotopic (exact) mass is 566 g/mol. The molecular weight excluding hydrogens is 524 g/mol. The van der Waals surface area contributed by atoms with E-state index >= 15 is 0 Å². The van der Waals surface area contributed by atoms with Crippen LogP contribution in [-0.4, -0.2) is 74.3 Å². The molecule has 4 rings (SSSR count). The van der Waals surface area contributed by atoms with E-state index < -0.39 is 18.0 Å². The van der Waals surface area contributed by atoms with Crippen molar-refractivity contribution < 1.29 is 19.2 Å². The zero-order valence-corrected chi connectivity index (χ0v) is 24.0. The molecule has 1 aromatic heterocycles. The zero-order valence-electron chi connectivity index (χ0n) is 24.0. The number of hydrogen-bond acceptors (Lipinski definition) is 7. The topological polar surface area (TPSA) is 162 Å². The summed E-state index contributed by atoms with van der Waals surface area (Å²) < 4.78 is 0. The van der Waals surface area contributed by atoms with Crippen LogP contribution in [0.25, 0.3) is 0 Å². The lowest BCUT2D eigenvalue weighted by atomic mass is 9.79. The molecule has 0 radical (unpaired) electrons. The number of nitrogens with zero attached hydrogens (tertiary/aromatic N) is 4. The van der Waals surface area contributed by atoms with Gasteiger partial charge in [0.2, 0.25) is 23.6 Å². The van der Waals surface area contributed by atoms with Crippen LogP contribution in [0.15, 0.2) is 30.3 Å². The number of carbonyl (C=O) groups is 4. The Hall–Kier alpha value is -3.83. The highest BCUT2D eigenvalue weighted by atomic mass is 16.2. The van der Waals surface area contributed by atoms with Crippen LogP contribution in [0.1, 0.15) is 70.2 Å². The third kappa shape index (κ3) is 8.34. The van der Waals surface area contributed by atoms with E-state index in [0.29, 0.717) is 31.1 Å². The fourth-order valence-corrected chi connectivity index (χ4v) is 5.96. The molecule has 1 aromatic carbocycles. The smallest absolute Gasteiger partial charge is 0.243 e. The predicted octanol–water partition coefficient (Wildman–Crippen LogP) is 1.50. The summed E-state index contributed by atoms with van der Waals surface area (Å²) in [5.41, 5.74) is 0.855. The van der Waals surface area contributed by atoms with Crippen molar-refractivity contribution >= 4 is 23.6 Å².